The summed E-state index contributed by atoms with van der Waals surface area (Å²) in [6.45, 7) is 17.0. The van der Waals surface area contributed by atoms with E-state index in [1.165, 1.54) is 11.1 Å². The van der Waals surface area contributed by atoms with Crippen LogP contribution in [0.25, 0.3) is 22.4 Å². The van der Waals surface area contributed by atoms with Crippen molar-refractivity contribution in [1.29, 1.82) is 0 Å². The van der Waals surface area contributed by atoms with Crippen LogP contribution in [0.2, 0.25) is 0 Å². The molecule has 1 aromatic heterocycles. The second-order valence-corrected chi connectivity index (χ2v) is 13.2. The maximum absolute atomic E-state index is 6.47. The predicted molar refractivity (Wildman–Crippen MR) is 189 cm³/mol. The minimum absolute atomic E-state index is 0.249. The van der Waals surface area contributed by atoms with Crippen molar-refractivity contribution in [3.63, 3.8) is 0 Å². The van der Waals surface area contributed by atoms with Gasteiger partial charge in [-0.2, -0.15) is 0 Å². The summed E-state index contributed by atoms with van der Waals surface area (Å²) in [5.74, 6) is 0.882. The lowest BCUT2D eigenvalue weighted by Crippen LogP contribution is -2.41. The van der Waals surface area contributed by atoms with Crippen molar-refractivity contribution in [2.45, 2.75) is 72.0 Å². The first-order chi connectivity index (χ1) is 21.5. The molecule has 1 fully saturated rings. The number of rotatable bonds is 4. The molecule has 0 atom stereocenters. The van der Waals surface area contributed by atoms with Crippen LogP contribution in [0.15, 0.2) is 115 Å². The van der Waals surface area contributed by atoms with E-state index in [1.54, 1.807) is 0 Å². The summed E-state index contributed by atoms with van der Waals surface area (Å²) in [6.07, 6.45) is 0. The van der Waals surface area contributed by atoms with E-state index < -0.39 is 18.3 Å². The molecule has 0 saturated carbocycles. The van der Waals surface area contributed by atoms with Gasteiger partial charge in [0.1, 0.15) is 5.82 Å². The van der Waals surface area contributed by atoms with Gasteiger partial charge < -0.3 is 9.31 Å². The van der Waals surface area contributed by atoms with E-state index in [2.05, 4.69) is 156 Å². The fourth-order valence-corrected chi connectivity index (χ4v) is 6.28. The van der Waals surface area contributed by atoms with Gasteiger partial charge >= 0.3 is 7.12 Å². The van der Waals surface area contributed by atoms with Gasteiger partial charge in [-0.05, 0) is 79.7 Å². The minimum atomic E-state index is -0.430. The molecule has 3 heterocycles. The molecule has 0 aliphatic carbocycles. The van der Waals surface area contributed by atoms with E-state index in [0.717, 1.165) is 45.0 Å². The second-order valence-electron chi connectivity index (χ2n) is 13.2. The molecule has 228 valence electrons. The van der Waals surface area contributed by atoms with Gasteiger partial charge in [0.2, 0.25) is 0 Å². The number of nitrogens with zero attached hydrogens (tertiary/aromatic N) is 2. The van der Waals surface area contributed by atoms with Gasteiger partial charge in [-0.1, -0.05) is 119 Å². The van der Waals surface area contributed by atoms with Crippen LogP contribution in [0.5, 0.6) is 0 Å². The van der Waals surface area contributed by atoms with Crippen molar-refractivity contribution in [2.24, 2.45) is 0 Å². The Morgan fingerprint density at radius 3 is 1.76 bits per heavy atom. The van der Waals surface area contributed by atoms with Gasteiger partial charge in [-0.3, -0.25) is 4.90 Å². The van der Waals surface area contributed by atoms with E-state index in [1.807, 2.05) is 19.9 Å². The Morgan fingerprint density at radius 1 is 0.556 bits per heavy atom. The molecule has 5 aromatic rings. The smallest absolute Gasteiger partial charge is 0.399 e. The van der Waals surface area contributed by atoms with E-state index >= 15 is 0 Å². The Labute approximate surface area is 269 Å². The highest BCUT2D eigenvalue weighted by atomic mass is 16.7. The number of para-hydroxylation sites is 1. The lowest BCUT2D eigenvalue weighted by molar-refractivity contribution is 0.00578. The van der Waals surface area contributed by atoms with Crippen LogP contribution in [-0.2, 0) is 14.7 Å². The van der Waals surface area contributed by atoms with Gasteiger partial charge in [-0.25, -0.2) is 4.98 Å². The molecular formula is C40H43BN2O2. The highest BCUT2D eigenvalue weighted by Crippen LogP contribution is 2.52. The zero-order chi connectivity index (χ0) is 32.0. The largest absolute Gasteiger partial charge is 0.494 e. The van der Waals surface area contributed by atoms with Crippen molar-refractivity contribution < 1.29 is 9.31 Å². The third-order valence-corrected chi connectivity index (χ3v) is 9.50. The van der Waals surface area contributed by atoms with Crippen LogP contribution in [0.1, 0.15) is 66.5 Å². The third kappa shape index (κ3) is 5.39. The van der Waals surface area contributed by atoms with Crippen LogP contribution < -0.4 is 10.4 Å². The molecule has 7 rings (SSSR count). The molecule has 4 aromatic carbocycles. The van der Waals surface area contributed by atoms with Crippen LogP contribution in [0.3, 0.4) is 0 Å². The monoisotopic (exact) mass is 594 g/mol. The zero-order valence-electron chi connectivity index (χ0n) is 27.8. The molecule has 1 saturated heterocycles. The van der Waals surface area contributed by atoms with Crippen LogP contribution >= 0.6 is 0 Å². The van der Waals surface area contributed by atoms with Gasteiger partial charge in [-0.15, -0.1) is 0 Å². The molecule has 4 nitrogen and oxygen atoms in total. The summed E-state index contributed by atoms with van der Waals surface area (Å²) in [5, 5.41) is 0. The molecule has 0 amide bonds. The van der Waals surface area contributed by atoms with Gasteiger partial charge in [0.05, 0.1) is 28.3 Å². The van der Waals surface area contributed by atoms with E-state index in [4.69, 9.17) is 14.3 Å². The highest BCUT2D eigenvalue weighted by molar-refractivity contribution is 6.62. The van der Waals surface area contributed by atoms with Crippen molar-refractivity contribution in [2.75, 3.05) is 4.90 Å². The number of pyridine rings is 1. The normalized spacial score (nSPS) is 17.2. The van der Waals surface area contributed by atoms with Crippen molar-refractivity contribution in [1.82, 2.24) is 4.98 Å². The maximum atomic E-state index is 6.47. The highest BCUT2D eigenvalue weighted by Gasteiger charge is 2.52. The molecular weight excluding hydrogens is 551 g/mol. The number of hydrogen-bond acceptors (Lipinski definition) is 4. The summed E-state index contributed by atoms with van der Waals surface area (Å²) >= 11 is 0. The quantitative estimate of drug-likeness (QED) is 0.194. The van der Waals surface area contributed by atoms with Crippen LogP contribution in [0.4, 0.5) is 17.2 Å². The number of fused-ring (bicyclic) bond motifs is 2. The van der Waals surface area contributed by atoms with E-state index in [-0.39, 0.29) is 5.41 Å². The number of benzene rings is 4. The summed E-state index contributed by atoms with van der Waals surface area (Å²) in [5.41, 5.74) is 9.00. The zero-order valence-corrected chi connectivity index (χ0v) is 27.8. The summed E-state index contributed by atoms with van der Waals surface area (Å²) < 4.78 is 12.9. The van der Waals surface area contributed by atoms with Gasteiger partial charge in [0, 0.05) is 11.0 Å². The molecule has 0 spiro atoms. The van der Waals surface area contributed by atoms with E-state index in [0.29, 0.717) is 0 Å². The first-order valence-electron chi connectivity index (χ1n) is 16.1. The van der Waals surface area contributed by atoms with Crippen molar-refractivity contribution >= 4 is 29.8 Å². The lowest BCUT2D eigenvalue weighted by atomic mass is 9.69. The molecule has 0 bridgehead atoms. The van der Waals surface area contributed by atoms with Crippen molar-refractivity contribution in [3.8, 4) is 22.4 Å². The molecule has 0 radical (unpaired) electrons. The molecule has 5 heteroatoms. The maximum Gasteiger partial charge on any atom is 0.494 e. The van der Waals surface area contributed by atoms with Crippen LogP contribution in [0, 0.1) is 0 Å². The summed E-state index contributed by atoms with van der Waals surface area (Å²) in [6, 6.07) is 40.7. The molecule has 2 aliphatic heterocycles. The molecule has 45 heavy (non-hydrogen) atoms. The first-order valence-corrected chi connectivity index (χ1v) is 16.1. The number of hydrogen-bond donors (Lipinski definition) is 0. The van der Waals surface area contributed by atoms with Crippen LogP contribution in [-0.4, -0.2) is 23.3 Å². The Hall–Kier alpha value is -4.19. The Kier molecular flexibility index (Phi) is 7.97. The fourth-order valence-electron chi connectivity index (χ4n) is 6.28. The van der Waals surface area contributed by atoms with E-state index in [9.17, 15) is 0 Å². The SMILES string of the molecule is CC.CC1(C)c2ccccc2N(c2cc(-c3ccccc3)cc(-c3ccccc3)n2)c2ccc(B3OC(C)(C)C(C)(C)O3)cc21. The standard InChI is InChI=1S/C38H37BN2O2.C2H6/c1-36(2)30-19-13-14-20-33(30)41(34-22-21-29(25-31(34)36)39-42-37(3,4)38(5,6)43-39)35-24-28(26-15-9-7-10-16-26)23-32(40-35)27-17-11-8-12-18-27;1-2/h7-25H,1-6H3;1-2H3. The molecule has 0 N–H and O–H groups in total. The number of anilines is 3. The first kappa shape index (κ1) is 30.8. The number of aromatic nitrogens is 1. The van der Waals surface area contributed by atoms with Crippen molar-refractivity contribution in [3.05, 3.63) is 126 Å². The Balaban J connectivity index is 0.00000175. The summed E-state index contributed by atoms with van der Waals surface area (Å²) in [7, 11) is -0.430. The topological polar surface area (TPSA) is 34.6 Å². The second kappa shape index (κ2) is 11.6. The Bertz CT molecular complexity index is 1740. The predicted octanol–water partition coefficient (Wildman–Crippen LogP) is 9.85. The minimum Gasteiger partial charge on any atom is -0.399 e. The summed E-state index contributed by atoms with van der Waals surface area (Å²) in [4.78, 5) is 7.64. The third-order valence-electron chi connectivity index (χ3n) is 9.50. The lowest BCUT2D eigenvalue weighted by Gasteiger charge is -2.42. The fraction of sp³-hybridized carbons (Fsp3) is 0.275. The Morgan fingerprint density at radius 2 is 1.11 bits per heavy atom. The molecule has 0 unspecified atom stereocenters. The average molecular weight is 595 g/mol. The molecule has 2 aliphatic rings. The average Bonchev–Trinajstić information content (AvgIpc) is 3.28. The van der Waals surface area contributed by atoms with Gasteiger partial charge in [0.25, 0.3) is 0 Å². The van der Waals surface area contributed by atoms with Gasteiger partial charge in [0.15, 0.2) is 0 Å².